The minimum Gasteiger partial charge on any atom is -0.444 e. The largest absolute Gasteiger partial charge is 0.444 e. The van der Waals surface area contributed by atoms with E-state index in [1.54, 1.807) is 20.8 Å². The lowest BCUT2D eigenvalue weighted by Gasteiger charge is -2.44. The number of carbonyl (C=O) groups excluding carboxylic acids is 1. The summed E-state index contributed by atoms with van der Waals surface area (Å²) in [4.78, 5) is 12.9. The van der Waals surface area contributed by atoms with Gasteiger partial charge in [-0.2, -0.15) is 0 Å². The zero-order valence-corrected chi connectivity index (χ0v) is 12.8. The van der Waals surface area contributed by atoms with Crippen LogP contribution >= 0.6 is 15.9 Å². The third-order valence-electron chi connectivity index (χ3n) is 3.15. The molecule has 3 nitrogen and oxygen atoms in total. The van der Waals surface area contributed by atoms with Crippen molar-refractivity contribution in [1.29, 1.82) is 0 Å². The van der Waals surface area contributed by atoms with E-state index < -0.39 is 29.6 Å². The Kier molecular flexibility index (Phi) is 4.30. The van der Waals surface area contributed by atoms with Crippen LogP contribution in [-0.2, 0) is 4.74 Å². The topological polar surface area (TPSA) is 29.5 Å². The first-order valence-corrected chi connectivity index (χ1v) is 7.05. The minimum absolute atomic E-state index is 0.217. The predicted molar refractivity (Wildman–Crippen MR) is 69.3 cm³/mol. The Bertz CT molecular complexity index is 331. The zero-order valence-electron chi connectivity index (χ0n) is 11.2. The van der Waals surface area contributed by atoms with Crippen LogP contribution in [0, 0.1) is 5.41 Å². The van der Waals surface area contributed by atoms with E-state index in [9.17, 15) is 13.6 Å². The number of hydrogen-bond acceptors (Lipinski definition) is 2. The van der Waals surface area contributed by atoms with Crippen LogP contribution in [-0.4, -0.2) is 40.9 Å². The molecule has 1 rings (SSSR count). The van der Waals surface area contributed by atoms with Crippen LogP contribution in [0.15, 0.2) is 0 Å². The number of amides is 1. The molecule has 1 heterocycles. The Labute approximate surface area is 115 Å². The predicted octanol–water partition coefficient (Wildman–Crippen LogP) is 3.66. The van der Waals surface area contributed by atoms with Crippen molar-refractivity contribution in [2.75, 3.05) is 18.4 Å². The number of nitrogens with zero attached hydrogens (tertiary/aromatic N) is 1. The van der Waals surface area contributed by atoms with E-state index in [4.69, 9.17) is 4.74 Å². The van der Waals surface area contributed by atoms with Crippen molar-refractivity contribution in [1.82, 2.24) is 4.90 Å². The Morgan fingerprint density at radius 2 is 2.00 bits per heavy atom. The highest BCUT2D eigenvalue weighted by molar-refractivity contribution is 9.09. The highest BCUT2D eigenvalue weighted by Crippen LogP contribution is 2.44. The lowest BCUT2D eigenvalue weighted by Crippen LogP contribution is -2.57. The monoisotopic (exact) mass is 327 g/mol. The second-order valence-corrected chi connectivity index (χ2v) is 6.61. The average molecular weight is 328 g/mol. The SMILES string of the molecule is CC(C)(C)OC(=O)N1CCC(C)(CBr)C(F)(F)C1. The van der Waals surface area contributed by atoms with Crippen LogP contribution in [0.25, 0.3) is 0 Å². The molecule has 106 valence electrons. The molecule has 0 saturated carbocycles. The molecule has 1 aliphatic rings. The van der Waals surface area contributed by atoms with E-state index in [0.29, 0.717) is 6.54 Å². The van der Waals surface area contributed by atoms with Crippen LogP contribution in [0.2, 0.25) is 0 Å². The van der Waals surface area contributed by atoms with Gasteiger partial charge in [0.1, 0.15) is 5.60 Å². The number of piperidine rings is 1. The Hall–Kier alpha value is -0.390. The number of carbonyl (C=O) groups is 1. The number of likely N-dealkylation sites (tertiary alicyclic amines) is 1. The van der Waals surface area contributed by atoms with Gasteiger partial charge in [0.2, 0.25) is 0 Å². The van der Waals surface area contributed by atoms with Crippen molar-refractivity contribution < 1.29 is 18.3 Å². The fourth-order valence-electron chi connectivity index (χ4n) is 1.72. The fraction of sp³-hybridized carbons (Fsp3) is 0.917. The summed E-state index contributed by atoms with van der Waals surface area (Å²) in [5.74, 6) is -2.91. The molecule has 1 aliphatic heterocycles. The number of ether oxygens (including phenoxy) is 1. The molecule has 0 bridgehead atoms. The molecule has 6 heteroatoms. The van der Waals surface area contributed by atoms with Gasteiger partial charge in [0.05, 0.1) is 6.54 Å². The molecule has 0 aliphatic carbocycles. The normalized spacial score (nSPS) is 28.1. The van der Waals surface area contributed by atoms with E-state index in [0.717, 1.165) is 4.90 Å². The molecule has 0 aromatic carbocycles. The second kappa shape index (κ2) is 4.94. The van der Waals surface area contributed by atoms with E-state index in [1.807, 2.05) is 0 Å². The maximum Gasteiger partial charge on any atom is 0.410 e. The first-order valence-electron chi connectivity index (χ1n) is 5.92. The molecule has 0 aromatic heterocycles. The third-order valence-corrected chi connectivity index (χ3v) is 4.39. The van der Waals surface area contributed by atoms with Crippen molar-refractivity contribution in [2.24, 2.45) is 5.41 Å². The Morgan fingerprint density at radius 1 is 1.44 bits per heavy atom. The van der Waals surface area contributed by atoms with Crippen LogP contribution < -0.4 is 0 Å². The molecule has 1 unspecified atom stereocenters. The summed E-state index contributed by atoms with van der Waals surface area (Å²) in [6, 6.07) is 0. The molecule has 1 atom stereocenters. The van der Waals surface area contributed by atoms with Gasteiger partial charge in [-0.25, -0.2) is 13.6 Å². The second-order valence-electron chi connectivity index (χ2n) is 6.05. The number of rotatable bonds is 1. The van der Waals surface area contributed by atoms with Gasteiger partial charge in [-0.1, -0.05) is 22.9 Å². The molecule has 1 fully saturated rings. The first-order chi connectivity index (χ1) is 8.01. The highest BCUT2D eigenvalue weighted by Gasteiger charge is 2.54. The van der Waals surface area contributed by atoms with Crippen molar-refractivity contribution >= 4 is 22.0 Å². The van der Waals surface area contributed by atoms with Crippen LogP contribution in [0.4, 0.5) is 13.6 Å². The molecule has 1 saturated heterocycles. The molecule has 0 N–H and O–H groups in total. The van der Waals surface area contributed by atoms with Crippen LogP contribution in [0.3, 0.4) is 0 Å². The van der Waals surface area contributed by atoms with Crippen molar-refractivity contribution in [3.05, 3.63) is 0 Å². The average Bonchev–Trinajstić information content (AvgIpc) is 2.19. The third kappa shape index (κ3) is 3.33. The van der Waals surface area contributed by atoms with E-state index in [2.05, 4.69) is 15.9 Å². The zero-order chi connectivity index (χ0) is 14.2. The Balaban J connectivity index is 2.73. The maximum atomic E-state index is 14.0. The molecule has 0 aromatic rings. The quantitative estimate of drug-likeness (QED) is 0.688. The van der Waals surface area contributed by atoms with Crippen molar-refractivity contribution in [2.45, 2.75) is 45.6 Å². The molecular formula is C12H20BrF2NO2. The molecule has 0 spiro atoms. The van der Waals surface area contributed by atoms with Gasteiger partial charge in [0, 0.05) is 17.3 Å². The van der Waals surface area contributed by atoms with Gasteiger partial charge in [-0.15, -0.1) is 0 Å². The highest BCUT2D eigenvalue weighted by atomic mass is 79.9. The summed E-state index contributed by atoms with van der Waals surface area (Å²) < 4.78 is 33.1. The summed E-state index contributed by atoms with van der Waals surface area (Å²) in [7, 11) is 0. The van der Waals surface area contributed by atoms with E-state index >= 15 is 0 Å². The van der Waals surface area contributed by atoms with Gasteiger partial charge >= 0.3 is 6.09 Å². The van der Waals surface area contributed by atoms with Crippen LogP contribution in [0.5, 0.6) is 0 Å². The number of halogens is 3. The fourth-order valence-corrected chi connectivity index (χ4v) is 2.41. The summed E-state index contributed by atoms with van der Waals surface area (Å²) in [6.07, 6.45) is -0.413. The molecular weight excluding hydrogens is 308 g/mol. The number of hydrogen-bond donors (Lipinski definition) is 0. The maximum absolute atomic E-state index is 14.0. The summed E-state index contributed by atoms with van der Waals surface area (Å²) in [6.45, 7) is 6.41. The van der Waals surface area contributed by atoms with Gasteiger partial charge in [-0.3, -0.25) is 0 Å². The standard InChI is InChI=1S/C12H20BrF2NO2/c1-10(2,3)18-9(17)16-6-5-11(4,7-13)12(14,15)8-16/h5-8H2,1-4H3. The summed E-state index contributed by atoms with van der Waals surface area (Å²) in [5, 5.41) is 0.217. The molecule has 18 heavy (non-hydrogen) atoms. The minimum atomic E-state index is -2.91. The van der Waals surface area contributed by atoms with Crippen molar-refractivity contribution in [3.8, 4) is 0 Å². The van der Waals surface area contributed by atoms with Crippen molar-refractivity contribution in [3.63, 3.8) is 0 Å². The Morgan fingerprint density at radius 3 is 2.39 bits per heavy atom. The first kappa shape index (κ1) is 15.7. The van der Waals surface area contributed by atoms with Gasteiger partial charge in [0.25, 0.3) is 5.92 Å². The molecule has 1 amide bonds. The van der Waals surface area contributed by atoms with E-state index in [1.165, 1.54) is 6.92 Å². The lowest BCUT2D eigenvalue weighted by atomic mass is 9.79. The van der Waals surface area contributed by atoms with Crippen LogP contribution in [0.1, 0.15) is 34.1 Å². The van der Waals surface area contributed by atoms with Gasteiger partial charge in [0.15, 0.2) is 0 Å². The molecule has 0 radical (unpaired) electrons. The summed E-state index contributed by atoms with van der Waals surface area (Å²) >= 11 is 3.13. The lowest BCUT2D eigenvalue weighted by molar-refractivity contribution is -0.147. The summed E-state index contributed by atoms with van der Waals surface area (Å²) in [5.41, 5.74) is -1.77. The van der Waals surface area contributed by atoms with Gasteiger partial charge < -0.3 is 9.64 Å². The smallest absolute Gasteiger partial charge is 0.410 e. The number of alkyl halides is 3. The van der Waals surface area contributed by atoms with E-state index in [-0.39, 0.29) is 11.8 Å². The van der Waals surface area contributed by atoms with Gasteiger partial charge in [-0.05, 0) is 27.2 Å².